The molecule has 10 heteroatoms. The van der Waals surface area contributed by atoms with Gasteiger partial charge < -0.3 is 26.0 Å². The summed E-state index contributed by atoms with van der Waals surface area (Å²) in [6.07, 6.45) is 3.78. The van der Waals surface area contributed by atoms with Gasteiger partial charge in [0, 0.05) is 37.0 Å². The fourth-order valence-corrected chi connectivity index (χ4v) is 4.79. The summed E-state index contributed by atoms with van der Waals surface area (Å²) in [5.41, 5.74) is 11.3. The highest BCUT2D eigenvalue weighted by Crippen LogP contribution is 2.34. The van der Waals surface area contributed by atoms with Crippen molar-refractivity contribution < 1.29 is 9.53 Å². The molecule has 0 spiro atoms. The first-order chi connectivity index (χ1) is 16.7. The number of carbonyl (C=O) groups excluding carboxylic acids is 1. The summed E-state index contributed by atoms with van der Waals surface area (Å²) in [6, 6.07) is 5.98. The zero-order valence-corrected chi connectivity index (χ0v) is 20.7. The second kappa shape index (κ2) is 8.88. The van der Waals surface area contributed by atoms with Gasteiger partial charge in [-0.15, -0.1) is 0 Å². The van der Waals surface area contributed by atoms with Crippen molar-refractivity contribution >= 4 is 34.7 Å². The minimum Gasteiger partial charge on any atom is -0.488 e. The standard InChI is InChI=1S/C25H28ClN7O2/c1-14-8-15(10-16(27)9-14)25(2,3)32-22-18-13-33(6-4-19(18)30-24(26)31-22)23(34)17-11-28-12-20-21(17)29-5-7-35-20/h8-12,29H,4-7,13,27H2,1-3H3,(H,30,31,32). The third-order valence-corrected chi connectivity index (χ3v) is 6.54. The highest BCUT2D eigenvalue weighted by atomic mass is 35.5. The molecule has 182 valence electrons. The first kappa shape index (κ1) is 23.2. The van der Waals surface area contributed by atoms with E-state index in [-0.39, 0.29) is 11.2 Å². The van der Waals surface area contributed by atoms with Crippen LogP contribution >= 0.6 is 11.6 Å². The van der Waals surface area contributed by atoms with E-state index in [0.717, 1.165) is 22.4 Å². The van der Waals surface area contributed by atoms with Gasteiger partial charge in [-0.2, -0.15) is 0 Å². The Morgan fingerprint density at radius 1 is 1.26 bits per heavy atom. The summed E-state index contributed by atoms with van der Waals surface area (Å²) in [6.45, 7) is 8.18. The van der Waals surface area contributed by atoms with Crippen LogP contribution in [0.1, 0.15) is 46.6 Å². The zero-order valence-electron chi connectivity index (χ0n) is 20.0. The summed E-state index contributed by atoms with van der Waals surface area (Å²) in [5, 5.41) is 6.98. The predicted molar refractivity (Wildman–Crippen MR) is 136 cm³/mol. The molecule has 0 saturated carbocycles. The molecule has 0 unspecified atom stereocenters. The van der Waals surface area contributed by atoms with Crippen LogP contribution in [0.3, 0.4) is 0 Å². The number of hydrogen-bond acceptors (Lipinski definition) is 8. The molecular formula is C25H28ClN7O2. The topological polar surface area (TPSA) is 118 Å². The smallest absolute Gasteiger partial charge is 0.257 e. The molecule has 5 rings (SSSR count). The van der Waals surface area contributed by atoms with E-state index >= 15 is 0 Å². The summed E-state index contributed by atoms with van der Waals surface area (Å²) in [7, 11) is 0. The van der Waals surface area contributed by atoms with Crippen LogP contribution in [0.2, 0.25) is 5.28 Å². The van der Waals surface area contributed by atoms with E-state index in [0.29, 0.717) is 61.2 Å². The number of ether oxygens (including phenoxy) is 1. The number of amides is 1. The highest BCUT2D eigenvalue weighted by Gasteiger charge is 2.31. The Kier molecular flexibility index (Phi) is 5.88. The molecule has 9 nitrogen and oxygen atoms in total. The van der Waals surface area contributed by atoms with Gasteiger partial charge in [-0.3, -0.25) is 9.78 Å². The Hall–Kier alpha value is -3.59. The molecule has 1 amide bonds. The molecule has 0 radical (unpaired) electrons. The highest BCUT2D eigenvalue weighted by molar-refractivity contribution is 6.28. The van der Waals surface area contributed by atoms with E-state index in [1.165, 1.54) is 0 Å². The number of nitrogens with one attached hydrogen (secondary N) is 2. The van der Waals surface area contributed by atoms with Gasteiger partial charge in [0.15, 0.2) is 5.75 Å². The van der Waals surface area contributed by atoms with Crippen LogP contribution in [-0.4, -0.2) is 45.5 Å². The Morgan fingerprint density at radius 3 is 2.89 bits per heavy atom. The first-order valence-electron chi connectivity index (χ1n) is 11.6. The van der Waals surface area contributed by atoms with Crippen LogP contribution in [0.15, 0.2) is 30.6 Å². The Balaban J connectivity index is 1.46. The molecular weight excluding hydrogens is 466 g/mol. The summed E-state index contributed by atoms with van der Waals surface area (Å²) < 4.78 is 5.65. The number of aromatic nitrogens is 3. The molecule has 0 saturated heterocycles. The summed E-state index contributed by atoms with van der Waals surface area (Å²) in [5.74, 6) is 1.08. The van der Waals surface area contributed by atoms with Crippen molar-refractivity contribution in [1.82, 2.24) is 19.9 Å². The second-order valence-electron chi connectivity index (χ2n) is 9.46. The third-order valence-electron chi connectivity index (χ3n) is 6.38. The number of nitrogen functional groups attached to an aromatic ring is 1. The number of nitrogens with two attached hydrogens (primary N) is 1. The van der Waals surface area contributed by atoms with Crippen LogP contribution in [-0.2, 0) is 18.5 Å². The lowest BCUT2D eigenvalue weighted by Gasteiger charge is -2.33. The fourth-order valence-electron chi connectivity index (χ4n) is 4.61. The fraction of sp³-hybridized carbons (Fsp3) is 0.360. The van der Waals surface area contributed by atoms with E-state index in [9.17, 15) is 4.79 Å². The molecule has 4 heterocycles. The number of aryl methyl sites for hydroxylation is 1. The van der Waals surface area contributed by atoms with Crippen molar-refractivity contribution in [3.63, 3.8) is 0 Å². The molecule has 1 aromatic carbocycles. The maximum absolute atomic E-state index is 13.5. The molecule has 2 aliphatic heterocycles. The number of anilines is 3. The van der Waals surface area contributed by atoms with Crippen molar-refractivity contribution in [1.29, 1.82) is 0 Å². The molecule has 35 heavy (non-hydrogen) atoms. The van der Waals surface area contributed by atoms with Gasteiger partial charge in [0.2, 0.25) is 5.28 Å². The summed E-state index contributed by atoms with van der Waals surface area (Å²) >= 11 is 6.29. The Labute approximate surface area is 209 Å². The predicted octanol–water partition coefficient (Wildman–Crippen LogP) is 3.77. The van der Waals surface area contributed by atoms with Crippen LogP contribution in [0.4, 0.5) is 17.2 Å². The van der Waals surface area contributed by atoms with Crippen LogP contribution < -0.4 is 21.1 Å². The second-order valence-corrected chi connectivity index (χ2v) is 9.80. The number of rotatable bonds is 4. The average molecular weight is 494 g/mol. The van der Waals surface area contributed by atoms with Gasteiger partial charge in [-0.05, 0) is 55.6 Å². The average Bonchev–Trinajstić information content (AvgIpc) is 2.82. The SMILES string of the molecule is Cc1cc(N)cc(C(C)(C)Nc2nc(Cl)nc3c2CN(C(=O)c2cncc4c2NCCO4)CC3)c1. The number of benzene rings is 1. The lowest BCUT2D eigenvalue weighted by Crippen LogP contribution is -2.38. The van der Waals surface area contributed by atoms with Crippen molar-refractivity contribution in [3.05, 3.63) is 63.8 Å². The Morgan fingerprint density at radius 2 is 2.09 bits per heavy atom. The molecule has 2 aliphatic rings. The maximum atomic E-state index is 13.5. The monoisotopic (exact) mass is 493 g/mol. The van der Waals surface area contributed by atoms with Gasteiger partial charge >= 0.3 is 0 Å². The van der Waals surface area contributed by atoms with Crippen molar-refractivity contribution in [3.8, 4) is 5.75 Å². The molecule has 0 bridgehead atoms. The number of pyridine rings is 1. The van der Waals surface area contributed by atoms with E-state index < -0.39 is 5.54 Å². The number of nitrogens with zero attached hydrogens (tertiary/aromatic N) is 4. The molecule has 3 aromatic rings. The zero-order chi connectivity index (χ0) is 24.7. The minimum atomic E-state index is -0.498. The largest absolute Gasteiger partial charge is 0.488 e. The molecule has 2 aromatic heterocycles. The summed E-state index contributed by atoms with van der Waals surface area (Å²) in [4.78, 5) is 28.5. The lowest BCUT2D eigenvalue weighted by atomic mass is 9.92. The van der Waals surface area contributed by atoms with Crippen molar-refractivity contribution in [2.24, 2.45) is 0 Å². The van der Waals surface area contributed by atoms with Gasteiger partial charge in [0.05, 0.1) is 35.2 Å². The van der Waals surface area contributed by atoms with E-state index in [1.54, 1.807) is 17.3 Å². The normalized spacial score (nSPS) is 14.9. The first-order valence-corrected chi connectivity index (χ1v) is 11.9. The molecule has 0 aliphatic carbocycles. The van der Waals surface area contributed by atoms with Gasteiger partial charge in [-0.25, -0.2) is 9.97 Å². The van der Waals surface area contributed by atoms with Crippen molar-refractivity contribution in [2.45, 2.75) is 39.3 Å². The van der Waals surface area contributed by atoms with Gasteiger partial charge in [-0.1, -0.05) is 6.07 Å². The lowest BCUT2D eigenvalue weighted by molar-refractivity contribution is 0.0733. The minimum absolute atomic E-state index is 0.121. The van der Waals surface area contributed by atoms with Gasteiger partial charge in [0.1, 0.15) is 12.4 Å². The number of carbonyl (C=O) groups is 1. The third kappa shape index (κ3) is 4.55. The molecule has 0 fully saturated rings. The van der Waals surface area contributed by atoms with E-state index in [4.69, 9.17) is 22.1 Å². The molecule has 4 N–H and O–H groups in total. The van der Waals surface area contributed by atoms with E-state index in [1.807, 2.05) is 19.1 Å². The number of hydrogen-bond donors (Lipinski definition) is 3. The Bertz CT molecular complexity index is 1290. The van der Waals surface area contributed by atoms with Gasteiger partial charge in [0.25, 0.3) is 5.91 Å². The number of halogens is 1. The maximum Gasteiger partial charge on any atom is 0.257 e. The quantitative estimate of drug-likeness (QED) is 0.371. The van der Waals surface area contributed by atoms with Crippen LogP contribution in [0.5, 0.6) is 5.75 Å². The van der Waals surface area contributed by atoms with E-state index in [2.05, 4.69) is 45.5 Å². The molecule has 0 atom stereocenters. The van der Waals surface area contributed by atoms with Crippen LogP contribution in [0.25, 0.3) is 0 Å². The van der Waals surface area contributed by atoms with Crippen molar-refractivity contribution in [2.75, 3.05) is 36.1 Å². The number of fused-ring (bicyclic) bond motifs is 2. The van der Waals surface area contributed by atoms with Crippen LogP contribution in [0, 0.1) is 6.92 Å².